The standard InChI is InChI=1S/C15H22Br2N2/c1-18(2)11-12-5-7-19(8-6-12)14-4-3-13(10-16)15(17)9-14/h3-4,9,12H,5-8,10-11H2,1-2H3. The van der Waals surface area contributed by atoms with Crippen molar-refractivity contribution in [3.8, 4) is 0 Å². The van der Waals surface area contributed by atoms with Crippen LogP contribution in [-0.4, -0.2) is 38.6 Å². The zero-order valence-corrected chi connectivity index (χ0v) is 14.9. The van der Waals surface area contributed by atoms with Crippen molar-refractivity contribution in [2.24, 2.45) is 5.92 Å². The van der Waals surface area contributed by atoms with E-state index in [4.69, 9.17) is 0 Å². The number of rotatable bonds is 4. The molecule has 0 aliphatic carbocycles. The van der Waals surface area contributed by atoms with E-state index in [1.165, 1.54) is 48.2 Å². The maximum absolute atomic E-state index is 3.66. The Kier molecular flexibility index (Phi) is 5.72. The lowest BCUT2D eigenvalue weighted by atomic mass is 9.96. The van der Waals surface area contributed by atoms with Crippen LogP contribution in [-0.2, 0) is 5.33 Å². The van der Waals surface area contributed by atoms with Crippen LogP contribution in [0, 0.1) is 5.92 Å². The molecule has 2 rings (SSSR count). The van der Waals surface area contributed by atoms with E-state index in [2.05, 4.69) is 74.0 Å². The minimum Gasteiger partial charge on any atom is -0.371 e. The lowest BCUT2D eigenvalue weighted by Crippen LogP contribution is -2.37. The van der Waals surface area contributed by atoms with Crippen molar-refractivity contribution >= 4 is 37.5 Å². The lowest BCUT2D eigenvalue weighted by molar-refractivity contribution is 0.285. The summed E-state index contributed by atoms with van der Waals surface area (Å²) in [7, 11) is 4.34. The zero-order chi connectivity index (χ0) is 13.8. The minimum atomic E-state index is 0.858. The minimum absolute atomic E-state index is 0.858. The number of anilines is 1. The fraction of sp³-hybridized carbons (Fsp3) is 0.600. The van der Waals surface area contributed by atoms with Crippen LogP contribution in [0.2, 0.25) is 0 Å². The molecule has 0 amide bonds. The molecule has 1 aliphatic heterocycles. The summed E-state index contributed by atoms with van der Waals surface area (Å²) < 4.78 is 1.21. The van der Waals surface area contributed by atoms with E-state index < -0.39 is 0 Å². The van der Waals surface area contributed by atoms with Crippen molar-refractivity contribution in [1.82, 2.24) is 4.90 Å². The Balaban J connectivity index is 1.96. The topological polar surface area (TPSA) is 6.48 Å². The second-order valence-corrected chi connectivity index (χ2v) is 7.02. The average molecular weight is 390 g/mol. The molecule has 19 heavy (non-hydrogen) atoms. The summed E-state index contributed by atoms with van der Waals surface area (Å²) in [6.07, 6.45) is 2.60. The van der Waals surface area contributed by atoms with Gasteiger partial charge >= 0.3 is 0 Å². The van der Waals surface area contributed by atoms with Crippen molar-refractivity contribution in [1.29, 1.82) is 0 Å². The fourth-order valence-electron chi connectivity index (χ4n) is 2.73. The molecule has 1 fully saturated rings. The SMILES string of the molecule is CN(C)CC1CCN(c2ccc(CBr)c(Br)c2)CC1. The maximum atomic E-state index is 3.66. The summed E-state index contributed by atoms with van der Waals surface area (Å²) in [5.74, 6) is 0.858. The second-order valence-electron chi connectivity index (χ2n) is 5.60. The summed E-state index contributed by atoms with van der Waals surface area (Å²) >= 11 is 7.17. The summed E-state index contributed by atoms with van der Waals surface area (Å²) in [4.78, 5) is 4.82. The van der Waals surface area contributed by atoms with Crippen LogP contribution in [0.3, 0.4) is 0 Å². The zero-order valence-electron chi connectivity index (χ0n) is 11.7. The van der Waals surface area contributed by atoms with E-state index in [-0.39, 0.29) is 0 Å². The Morgan fingerprint density at radius 2 is 1.95 bits per heavy atom. The third-order valence-electron chi connectivity index (χ3n) is 3.78. The molecule has 1 aliphatic rings. The molecular weight excluding hydrogens is 368 g/mol. The van der Waals surface area contributed by atoms with Crippen molar-refractivity contribution in [2.45, 2.75) is 18.2 Å². The first-order valence-corrected chi connectivity index (χ1v) is 8.75. The first-order chi connectivity index (χ1) is 9.10. The molecule has 1 aromatic rings. The van der Waals surface area contributed by atoms with Gasteiger partial charge in [-0.15, -0.1) is 0 Å². The largest absolute Gasteiger partial charge is 0.371 e. The molecule has 4 heteroatoms. The van der Waals surface area contributed by atoms with Gasteiger partial charge in [-0.05, 0) is 50.6 Å². The number of benzene rings is 1. The Morgan fingerprint density at radius 1 is 1.26 bits per heavy atom. The Bertz CT molecular complexity index is 413. The Labute approximate surface area is 133 Å². The number of nitrogens with zero attached hydrogens (tertiary/aromatic N) is 2. The molecular formula is C15H22Br2N2. The monoisotopic (exact) mass is 388 g/mol. The molecule has 0 bridgehead atoms. The molecule has 1 aromatic carbocycles. The number of piperidine rings is 1. The third kappa shape index (κ3) is 4.20. The molecule has 0 saturated carbocycles. The normalized spacial score (nSPS) is 17.2. The highest BCUT2D eigenvalue weighted by atomic mass is 79.9. The maximum Gasteiger partial charge on any atom is 0.0377 e. The van der Waals surface area contributed by atoms with Gasteiger partial charge in [0.1, 0.15) is 0 Å². The number of hydrogen-bond donors (Lipinski definition) is 0. The predicted octanol–water partition coefficient (Wildman–Crippen LogP) is 4.12. The Hall–Kier alpha value is -0.0600. The van der Waals surface area contributed by atoms with Crippen LogP contribution in [0.1, 0.15) is 18.4 Å². The molecule has 2 nitrogen and oxygen atoms in total. The first kappa shape index (κ1) is 15.3. The van der Waals surface area contributed by atoms with Crippen molar-refractivity contribution < 1.29 is 0 Å². The van der Waals surface area contributed by atoms with Gasteiger partial charge in [0.25, 0.3) is 0 Å². The van der Waals surface area contributed by atoms with Gasteiger partial charge in [0.05, 0.1) is 0 Å². The van der Waals surface area contributed by atoms with Gasteiger partial charge in [-0.3, -0.25) is 0 Å². The van der Waals surface area contributed by atoms with E-state index in [1.54, 1.807) is 0 Å². The highest BCUT2D eigenvalue weighted by molar-refractivity contribution is 9.10. The summed E-state index contributed by atoms with van der Waals surface area (Å²) in [5.41, 5.74) is 2.66. The van der Waals surface area contributed by atoms with Gasteiger partial charge in [-0.25, -0.2) is 0 Å². The van der Waals surface area contributed by atoms with E-state index >= 15 is 0 Å². The molecule has 0 radical (unpaired) electrons. The summed E-state index contributed by atoms with van der Waals surface area (Å²) in [6.45, 7) is 3.58. The van der Waals surface area contributed by atoms with E-state index in [0.29, 0.717) is 0 Å². The molecule has 0 N–H and O–H groups in total. The summed E-state index contributed by atoms with van der Waals surface area (Å²) in [6, 6.07) is 6.70. The molecule has 1 heterocycles. The van der Waals surface area contributed by atoms with Gasteiger partial charge in [-0.2, -0.15) is 0 Å². The molecule has 1 saturated heterocycles. The highest BCUT2D eigenvalue weighted by Crippen LogP contribution is 2.28. The van der Waals surface area contributed by atoms with Crippen molar-refractivity contribution in [2.75, 3.05) is 38.6 Å². The lowest BCUT2D eigenvalue weighted by Gasteiger charge is -2.34. The van der Waals surface area contributed by atoms with Gasteiger partial charge in [0.2, 0.25) is 0 Å². The predicted molar refractivity (Wildman–Crippen MR) is 90.3 cm³/mol. The van der Waals surface area contributed by atoms with Crippen LogP contribution < -0.4 is 4.90 Å². The molecule has 0 aromatic heterocycles. The smallest absolute Gasteiger partial charge is 0.0377 e. The number of halogens is 2. The molecule has 106 valence electrons. The van der Waals surface area contributed by atoms with Gasteiger partial charge in [-0.1, -0.05) is 37.9 Å². The van der Waals surface area contributed by atoms with Gasteiger partial charge in [0, 0.05) is 35.1 Å². The van der Waals surface area contributed by atoms with Crippen LogP contribution >= 0.6 is 31.9 Å². The number of hydrogen-bond acceptors (Lipinski definition) is 2. The van der Waals surface area contributed by atoms with Gasteiger partial charge in [0.15, 0.2) is 0 Å². The second kappa shape index (κ2) is 7.09. The summed E-state index contributed by atoms with van der Waals surface area (Å²) in [5, 5.41) is 0.902. The molecule has 0 spiro atoms. The van der Waals surface area contributed by atoms with Crippen molar-refractivity contribution in [3.63, 3.8) is 0 Å². The quantitative estimate of drug-likeness (QED) is 0.714. The van der Waals surface area contributed by atoms with Crippen LogP contribution in [0.4, 0.5) is 5.69 Å². The number of alkyl halides is 1. The van der Waals surface area contributed by atoms with Crippen molar-refractivity contribution in [3.05, 3.63) is 28.2 Å². The first-order valence-electron chi connectivity index (χ1n) is 6.84. The third-order valence-corrected chi connectivity index (χ3v) is 5.13. The van der Waals surface area contributed by atoms with E-state index in [1.807, 2.05) is 0 Å². The van der Waals surface area contributed by atoms with Crippen LogP contribution in [0.15, 0.2) is 22.7 Å². The Morgan fingerprint density at radius 3 is 2.47 bits per heavy atom. The molecule has 0 atom stereocenters. The fourth-order valence-corrected chi connectivity index (χ4v) is 4.10. The molecule has 0 unspecified atom stereocenters. The highest BCUT2D eigenvalue weighted by Gasteiger charge is 2.20. The van der Waals surface area contributed by atoms with E-state index in [0.717, 1.165) is 11.2 Å². The van der Waals surface area contributed by atoms with Crippen LogP contribution in [0.25, 0.3) is 0 Å². The van der Waals surface area contributed by atoms with E-state index in [9.17, 15) is 0 Å². The van der Waals surface area contributed by atoms with Crippen LogP contribution in [0.5, 0.6) is 0 Å². The van der Waals surface area contributed by atoms with Gasteiger partial charge < -0.3 is 9.80 Å². The average Bonchev–Trinajstić information content (AvgIpc) is 2.39.